The van der Waals surface area contributed by atoms with Gasteiger partial charge in [0, 0.05) is 41.5 Å². The summed E-state index contributed by atoms with van der Waals surface area (Å²) in [6.45, 7) is 2.05. The van der Waals surface area contributed by atoms with Gasteiger partial charge in [-0.05, 0) is 37.8 Å². The van der Waals surface area contributed by atoms with Crippen LogP contribution in [0.15, 0.2) is 24.7 Å². The fourth-order valence-corrected chi connectivity index (χ4v) is 2.41. The molecule has 2 N–H and O–H groups in total. The van der Waals surface area contributed by atoms with Gasteiger partial charge in [-0.15, -0.1) is 0 Å². The summed E-state index contributed by atoms with van der Waals surface area (Å²) in [7, 11) is 0. The van der Waals surface area contributed by atoms with Crippen LogP contribution in [-0.4, -0.2) is 15.0 Å². The van der Waals surface area contributed by atoms with Crippen LogP contribution in [0.1, 0.15) is 35.7 Å². The van der Waals surface area contributed by atoms with Crippen molar-refractivity contribution in [1.82, 2.24) is 15.0 Å². The average Bonchev–Trinajstić information content (AvgIpc) is 2.39. The van der Waals surface area contributed by atoms with Crippen LogP contribution in [0.2, 0.25) is 0 Å². The molecule has 1 aliphatic rings. The molecule has 0 amide bonds. The first-order valence-electron chi connectivity index (χ1n) is 6.28. The van der Waals surface area contributed by atoms with Crippen molar-refractivity contribution in [3.63, 3.8) is 0 Å². The lowest BCUT2D eigenvalue weighted by atomic mass is 9.93. The minimum atomic E-state index is 0.0952. The molecule has 2 aromatic rings. The topological polar surface area (TPSA) is 64.7 Å². The number of nitrogens with two attached hydrogens (primary N) is 1. The summed E-state index contributed by atoms with van der Waals surface area (Å²) in [5, 5.41) is 0. The molecule has 0 spiro atoms. The van der Waals surface area contributed by atoms with E-state index in [-0.39, 0.29) is 6.04 Å². The second kappa shape index (κ2) is 4.46. The third-order valence-electron chi connectivity index (χ3n) is 3.51. The van der Waals surface area contributed by atoms with E-state index in [4.69, 9.17) is 5.73 Å². The maximum Gasteiger partial charge on any atom is 0.161 e. The zero-order chi connectivity index (χ0) is 12.5. The summed E-state index contributed by atoms with van der Waals surface area (Å²) < 4.78 is 0. The molecule has 0 aliphatic heterocycles. The van der Waals surface area contributed by atoms with E-state index in [2.05, 4.69) is 15.0 Å². The number of fused-ring (bicyclic) bond motifs is 1. The normalized spacial score (nSPS) is 18.4. The quantitative estimate of drug-likeness (QED) is 0.829. The van der Waals surface area contributed by atoms with Crippen molar-refractivity contribution in [3.05, 3.63) is 41.5 Å². The molecule has 2 aromatic heterocycles. The van der Waals surface area contributed by atoms with E-state index in [1.165, 1.54) is 0 Å². The van der Waals surface area contributed by atoms with Gasteiger partial charge in [0.15, 0.2) is 5.82 Å². The highest BCUT2D eigenvalue weighted by Gasteiger charge is 2.19. The molecule has 0 saturated heterocycles. The summed E-state index contributed by atoms with van der Waals surface area (Å²) in [5.74, 6) is 0.758. The van der Waals surface area contributed by atoms with Crippen molar-refractivity contribution in [2.75, 3.05) is 0 Å². The van der Waals surface area contributed by atoms with Crippen molar-refractivity contribution in [3.8, 4) is 11.4 Å². The van der Waals surface area contributed by atoms with Gasteiger partial charge in [0.2, 0.25) is 0 Å². The minimum absolute atomic E-state index is 0.0952. The predicted molar refractivity (Wildman–Crippen MR) is 69.9 cm³/mol. The summed E-state index contributed by atoms with van der Waals surface area (Å²) >= 11 is 0. The molecule has 0 aromatic carbocycles. The highest BCUT2D eigenvalue weighted by atomic mass is 14.9. The summed E-state index contributed by atoms with van der Waals surface area (Å²) in [5.41, 5.74) is 10.4. The molecular formula is C14H16N4. The Kier molecular flexibility index (Phi) is 2.80. The smallest absolute Gasteiger partial charge is 0.161 e. The lowest BCUT2D eigenvalue weighted by Crippen LogP contribution is -2.19. The zero-order valence-electron chi connectivity index (χ0n) is 10.4. The van der Waals surface area contributed by atoms with Gasteiger partial charge in [-0.2, -0.15) is 0 Å². The number of nitrogens with zero attached hydrogens (tertiary/aromatic N) is 3. The van der Waals surface area contributed by atoms with E-state index in [0.717, 1.165) is 47.5 Å². The molecule has 0 radical (unpaired) electrons. The number of rotatable bonds is 1. The van der Waals surface area contributed by atoms with Crippen LogP contribution in [0.4, 0.5) is 0 Å². The lowest BCUT2D eigenvalue weighted by Gasteiger charge is -2.21. The fourth-order valence-electron chi connectivity index (χ4n) is 2.41. The molecule has 4 heteroatoms. The summed E-state index contributed by atoms with van der Waals surface area (Å²) in [6, 6.07) is 2.07. The first-order valence-corrected chi connectivity index (χ1v) is 6.28. The van der Waals surface area contributed by atoms with Crippen LogP contribution in [0.3, 0.4) is 0 Å². The third kappa shape index (κ3) is 1.88. The van der Waals surface area contributed by atoms with Crippen LogP contribution >= 0.6 is 0 Å². The molecule has 0 fully saturated rings. The number of aryl methyl sites for hydroxylation is 2. The molecule has 3 rings (SSSR count). The van der Waals surface area contributed by atoms with Crippen LogP contribution in [-0.2, 0) is 6.42 Å². The Morgan fingerprint density at radius 2 is 2.22 bits per heavy atom. The molecule has 0 bridgehead atoms. The highest BCUT2D eigenvalue weighted by Crippen LogP contribution is 2.28. The standard InChI is InChI=1S/C14H16N4/c1-9-5-6-16-7-10(9)14-17-8-11-12(15)3-2-4-13(11)18-14/h5-8,12H,2-4,15H2,1H3. The fraction of sp³-hybridized carbons (Fsp3) is 0.357. The SMILES string of the molecule is Cc1ccncc1-c1ncc2c(n1)CCCC2N. The predicted octanol–water partition coefficient (Wildman–Crippen LogP) is 2.18. The van der Waals surface area contributed by atoms with Crippen LogP contribution in [0.25, 0.3) is 11.4 Å². The van der Waals surface area contributed by atoms with E-state index >= 15 is 0 Å². The molecule has 2 heterocycles. The molecule has 0 saturated carbocycles. The molecule has 1 unspecified atom stereocenters. The van der Waals surface area contributed by atoms with Gasteiger partial charge in [-0.3, -0.25) is 4.98 Å². The molecule has 4 nitrogen and oxygen atoms in total. The largest absolute Gasteiger partial charge is 0.324 e. The average molecular weight is 240 g/mol. The Balaban J connectivity index is 2.08. The molecule has 1 aliphatic carbocycles. The highest BCUT2D eigenvalue weighted by molar-refractivity contribution is 5.58. The second-order valence-electron chi connectivity index (χ2n) is 4.78. The Bertz CT molecular complexity index is 580. The maximum atomic E-state index is 6.07. The minimum Gasteiger partial charge on any atom is -0.324 e. The van der Waals surface area contributed by atoms with Crippen molar-refractivity contribution in [2.45, 2.75) is 32.2 Å². The van der Waals surface area contributed by atoms with Gasteiger partial charge < -0.3 is 5.73 Å². The first kappa shape index (κ1) is 11.3. The Morgan fingerprint density at radius 1 is 1.33 bits per heavy atom. The number of hydrogen-bond acceptors (Lipinski definition) is 4. The van der Waals surface area contributed by atoms with E-state index in [0.29, 0.717) is 0 Å². The Morgan fingerprint density at radius 3 is 3.06 bits per heavy atom. The van der Waals surface area contributed by atoms with E-state index in [1.54, 1.807) is 6.20 Å². The monoisotopic (exact) mass is 240 g/mol. The first-order chi connectivity index (χ1) is 8.75. The van der Waals surface area contributed by atoms with E-state index in [9.17, 15) is 0 Å². The van der Waals surface area contributed by atoms with Crippen molar-refractivity contribution in [1.29, 1.82) is 0 Å². The van der Waals surface area contributed by atoms with Gasteiger partial charge in [-0.25, -0.2) is 9.97 Å². The van der Waals surface area contributed by atoms with E-state index < -0.39 is 0 Å². The van der Waals surface area contributed by atoms with Gasteiger partial charge in [0.1, 0.15) is 0 Å². The summed E-state index contributed by atoms with van der Waals surface area (Å²) in [4.78, 5) is 13.3. The van der Waals surface area contributed by atoms with Gasteiger partial charge >= 0.3 is 0 Å². The number of pyridine rings is 1. The van der Waals surface area contributed by atoms with Crippen LogP contribution in [0, 0.1) is 6.92 Å². The number of aromatic nitrogens is 3. The van der Waals surface area contributed by atoms with Crippen LogP contribution in [0.5, 0.6) is 0 Å². The van der Waals surface area contributed by atoms with Crippen molar-refractivity contribution < 1.29 is 0 Å². The third-order valence-corrected chi connectivity index (χ3v) is 3.51. The van der Waals surface area contributed by atoms with Crippen molar-refractivity contribution >= 4 is 0 Å². The second-order valence-corrected chi connectivity index (χ2v) is 4.78. The Hall–Kier alpha value is -1.81. The van der Waals surface area contributed by atoms with Gasteiger partial charge in [-0.1, -0.05) is 0 Å². The molecule has 18 heavy (non-hydrogen) atoms. The van der Waals surface area contributed by atoms with Crippen LogP contribution < -0.4 is 5.73 Å². The Labute approximate surface area is 106 Å². The maximum absolute atomic E-state index is 6.07. The number of hydrogen-bond donors (Lipinski definition) is 1. The zero-order valence-corrected chi connectivity index (χ0v) is 10.4. The van der Waals surface area contributed by atoms with Gasteiger partial charge in [0.25, 0.3) is 0 Å². The molecular weight excluding hydrogens is 224 g/mol. The molecule has 1 atom stereocenters. The van der Waals surface area contributed by atoms with Gasteiger partial charge in [0.05, 0.1) is 0 Å². The van der Waals surface area contributed by atoms with Crippen molar-refractivity contribution in [2.24, 2.45) is 5.73 Å². The lowest BCUT2D eigenvalue weighted by molar-refractivity contribution is 0.557. The molecule has 92 valence electrons. The van der Waals surface area contributed by atoms with E-state index in [1.807, 2.05) is 25.4 Å². The summed E-state index contributed by atoms with van der Waals surface area (Å²) in [6.07, 6.45) is 8.62.